The van der Waals surface area contributed by atoms with E-state index >= 15 is 0 Å². The Labute approximate surface area is 122 Å². The van der Waals surface area contributed by atoms with Gasteiger partial charge in [0.2, 0.25) is 15.8 Å². The summed E-state index contributed by atoms with van der Waals surface area (Å²) >= 11 is 0. The summed E-state index contributed by atoms with van der Waals surface area (Å²) in [6.07, 6.45) is 4.34. The van der Waals surface area contributed by atoms with Crippen LogP contribution in [-0.4, -0.2) is 30.7 Å². The molecular weight excluding hydrogens is 299 g/mol. The fraction of sp³-hybridized carbons (Fsp3) is 0.538. The maximum Gasteiger partial charge on any atom is 0.324 e. The Morgan fingerprint density at radius 1 is 1.10 bits per heavy atom. The lowest BCUT2D eigenvalue weighted by Crippen LogP contribution is -2.34. The highest BCUT2D eigenvalue weighted by molar-refractivity contribution is 7.89. The lowest BCUT2D eigenvalue weighted by molar-refractivity contribution is -0.390. The summed E-state index contributed by atoms with van der Waals surface area (Å²) in [6, 6.07) is 3.17. The van der Waals surface area contributed by atoms with Crippen LogP contribution in [-0.2, 0) is 10.0 Å². The van der Waals surface area contributed by atoms with Crippen LogP contribution in [0.15, 0.2) is 23.1 Å². The molecule has 0 atom stereocenters. The van der Waals surface area contributed by atoms with Crippen LogP contribution < -0.4 is 0 Å². The minimum Gasteiger partial charge on any atom is -0.258 e. The van der Waals surface area contributed by atoms with E-state index in [-0.39, 0.29) is 0 Å². The fourth-order valence-corrected chi connectivity index (χ4v) is 4.16. The quantitative estimate of drug-likeness (QED) is 0.634. The molecule has 1 saturated heterocycles. The zero-order chi connectivity index (χ0) is 15.5. The van der Waals surface area contributed by atoms with Crippen LogP contribution in [0, 0.1) is 15.9 Å². The number of halogens is 1. The summed E-state index contributed by atoms with van der Waals surface area (Å²) in [7, 11) is -4.05. The lowest BCUT2D eigenvalue weighted by atomic mass is 10.1. The molecule has 0 saturated carbocycles. The third kappa shape index (κ3) is 3.38. The van der Waals surface area contributed by atoms with E-state index in [1.54, 1.807) is 0 Å². The summed E-state index contributed by atoms with van der Waals surface area (Å²) in [5, 5.41) is 11.0. The topological polar surface area (TPSA) is 80.5 Å². The molecule has 0 aliphatic carbocycles. The molecule has 21 heavy (non-hydrogen) atoms. The molecule has 8 heteroatoms. The Kier molecular flexibility index (Phi) is 4.89. The van der Waals surface area contributed by atoms with Crippen molar-refractivity contribution in [2.45, 2.75) is 37.0 Å². The van der Waals surface area contributed by atoms with Crippen molar-refractivity contribution < 1.29 is 17.7 Å². The van der Waals surface area contributed by atoms with Crippen LogP contribution in [0.2, 0.25) is 0 Å². The van der Waals surface area contributed by atoms with Gasteiger partial charge in [0, 0.05) is 13.1 Å². The molecule has 1 fully saturated rings. The van der Waals surface area contributed by atoms with Gasteiger partial charge in [0.1, 0.15) is 0 Å². The van der Waals surface area contributed by atoms with Crippen LogP contribution in [0.4, 0.5) is 10.1 Å². The normalized spacial score (nSPS) is 18.0. The summed E-state index contributed by atoms with van der Waals surface area (Å²) in [5.74, 6) is -1.13. The van der Waals surface area contributed by atoms with Crippen molar-refractivity contribution in [1.82, 2.24) is 4.31 Å². The highest BCUT2D eigenvalue weighted by Crippen LogP contribution is 2.30. The van der Waals surface area contributed by atoms with Crippen LogP contribution in [0.1, 0.15) is 32.1 Å². The van der Waals surface area contributed by atoms with Gasteiger partial charge in [0.15, 0.2) is 4.90 Å². The smallest absolute Gasteiger partial charge is 0.258 e. The molecule has 1 aliphatic rings. The molecule has 1 aromatic rings. The molecular formula is C13H17FN2O4S. The highest BCUT2D eigenvalue weighted by atomic mass is 32.2. The van der Waals surface area contributed by atoms with E-state index in [1.807, 2.05) is 0 Å². The minimum absolute atomic E-state index is 0.315. The summed E-state index contributed by atoms with van der Waals surface area (Å²) in [4.78, 5) is 9.44. The molecule has 6 nitrogen and oxygen atoms in total. The van der Waals surface area contributed by atoms with E-state index in [0.29, 0.717) is 25.9 Å². The van der Waals surface area contributed by atoms with Gasteiger partial charge in [-0.3, -0.25) is 10.1 Å². The SMILES string of the molecule is O=[N+]([O-])c1c(F)cccc1S(=O)(=O)N1CCCCCCC1. The van der Waals surface area contributed by atoms with Gasteiger partial charge < -0.3 is 0 Å². The zero-order valence-electron chi connectivity index (χ0n) is 11.5. The van der Waals surface area contributed by atoms with Crippen molar-refractivity contribution in [2.24, 2.45) is 0 Å². The largest absolute Gasteiger partial charge is 0.324 e. The van der Waals surface area contributed by atoms with Crippen molar-refractivity contribution in [1.29, 1.82) is 0 Å². The molecule has 0 N–H and O–H groups in total. The first kappa shape index (κ1) is 15.8. The number of hydrogen-bond acceptors (Lipinski definition) is 4. The Balaban J connectivity index is 2.43. The van der Waals surface area contributed by atoms with Crippen LogP contribution in [0.5, 0.6) is 0 Å². The van der Waals surface area contributed by atoms with Gasteiger partial charge in [-0.25, -0.2) is 8.42 Å². The molecule has 1 heterocycles. The number of rotatable bonds is 3. The first-order valence-corrected chi connectivity index (χ1v) is 8.31. The Morgan fingerprint density at radius 2 is 1.67 bits per heavy atom. The van der Waals surface area contributed by atoms with E-state index in [4.69, 9.17) is 0 Å². The molecule has 1 aromatic carbocycles. The number of sulfonamides is 1. The third-order valence-corrected chi connectivity index (χ3v) is 5.50. The molecule has 0 aromatic heterocycles. The molecule has 0 spiro atoms. The van der Waals surface area contributed by atoms with Crippen molar-refractivity contribution >= 4 is 15.7 Å². The number of benzene rings is 1. The average molecular weight is 316 g/mol. The van der Waals surface area contributed by atoms with Crippen LogP contribution in [0.3, 0.4) is 0 Å². The van der Waals surface area contributed by atoms with Crippen molar-refractivity contribution in [2.75, 3.05) is 13.1 Å². The van der Waals surface area contributed by atoms with Gasteiger partial charge in [0.05, 0.1) is 4.92 Å². The predicted molar refractivity (Wildman–Crippen MR) is 74.9 cm³/mol. The van der Waals surface area contributed by atoms with Crippen LogP contribution in [0.25, 0.3) is 0 Å². The summed E-state index contributed by atoms with van der Waals surface area (Å²) in [5.41, 5.74) is -0.973. The molecule has 0 amide bonds. The molecule has 116 valence electrons. The average Bonchev–Trinajstić information content (AvgIpc) is 2.36. The molecule has 0 bridgehead atoms. The number of para-hydroxylation sites is 1. The third-order valence-electron chi connectivity index (χ3n) is 3.57. The Bertz CT molecular complexity index is 625. The van der Waals surface area contributed by atoms with Gasteiger partial charge >= 0.3 is 5.69 Å². The predicted octanol–water partition coefficient (Wildman–Crippen LogP) is 2.69. The van der Waals surface area contributed by atoms with Gasteiger partial charge in [-0.1, -0.05) is 25.3 Å². The van der Waals surface area contributed by atoms with Gasteiger partial charge in [0.25, 0.3) is 0 Å². The minimum atomic E-state index is -4.05. The second-order valence-corrected chi connectivity index (χ2v) is 6.92. The van der Waals surface area contributed by atoms with Crippen molar-refractivity contribution in [3.8, 4) is 0 Å². The number of nitro benzene ring substituents is 1. The van der Waals surface area contributed by atoms with E-state index in [1.165, 1.54) is 10.4 Å². The summed E-state index contributed by atoms with van der Waals surface area (Å²) in [6.45, 7) is 0.631. The highest BCUT2D eigenvalue weighted by Gasteiger charge is 2.33. The molecule has 0 radical (unpaired) electrons. The Hall–Kier alpha value is -1.54. The van der Waals surface area contributed by atoms with Crippen LogP contribution >= 0.6 is 0 Å². The number of hydrogen-bond donors (Lipinski definition) is 0. The molecule has 1 aliphatic heterocycles. The van der Waals surface area contributed by atoms with Gasteiger partial charge in [-0.15, -0.1) is 0 Å². The molecule has 2 rings (SSSR count). The maximum absolute atomic E-state index is 13.6. The second kappa shape index (κ2) is 6.48. The van der Waals surface area contributed by atoms with Crippen molar-refractivity contribution in [3.05, 3.63) is 34.1 Å². The van der Waals surface area contributed by atoms with E-state index in [2.05, 4.69) is 0 Å². The standard InChI is InChI=1S/C13H17FN2O4S/c14-11-7-6-8-12(13(11)16(17)18)21(19,20)15-9-4-2-1-3-5-10-15/h6-8H,1-5,9-10H2. The van der Waals surface area contributed by atoms with E-state index in [0.717, 1.165) is 31.4 Å². The number of nitrogens with zero attached hydrogens (tertiary/aromatic N) is 2. The Morgan fingerprint density at radius 3 is 2.24 bits per heavy atom. The number of nitro groups is 1. The maximum atomic E-state index is 13.6. The monoisotopic (exact) mass is 316 g/mol. The van der Waals surface area contributed by atoms with E-state index in [9.17, 15) is 22.9 Å². The van der Waals surface area contributed by atoms with Crippen molar-refractivity contribution in [3.63, 3.8) is 0 Å². The fourth-order valence-electron chi connectivity index (χ4n) is 2.48. The summed E-state index contributed by atoms with van der Waals surface area (Å²) < 4.78 is 40.0. The first-order chi connectivity index (χ1) is 9.94. The zero-order valence-corrected chi connectivity index (χ0v) is 12.3. The lowest BCUT2D eigenvalue weighted by Gasteiger charge is -2.24. The van der Waals surface area contributed by atoms with E-state index < -0.39 is 31.3 Å². The first-order valence-electron chi connectivity index (χ1n) is 6.87. The van der Waals surface area contributed by atoms with Gasteiger partial charge in [-0.05, 0) is 25.0 Å². The second-order valence-electron chi connectivity index (χ2n) is 5.02. The molecule has 0 unspecified atom stereocenters. The van der Waals surface area contributed by atoms with Gasteiger partial charge in [-0.2, -0.15) is 8.70 Å².